The van der Waals surface area contributed by atoms with Gasteiger partial charge in [-0.1, -0.05) is 6.42 Å². The molecule has 16 heavy (non-hydrogen) atoms. The SMILES string of the molecule is Cc1[nH]nc(NC(=O)C2CCCCS2)c1C. The monoisotopic (exact) mass is 239 g/mol. The fraction of sp³-hybridized carbons (Fsp3) is 0.636. The van der Waals surface area contributed by atoms with Crippen LogP contribution in [0.4, 0.5) is 5.82 Å². The number of aromatic amines is 1. The lowest BCUT2D eigenvalue weighted by Gasteiger charge is -2.19. The molecule has 1 unspecified atom stereocenters. The zero-order valence-electron chi connectivity index (χ0n) is 9.67. The summed E-state index contributed by atoms with van der Waals surface area (Å²) in [5, 5.41) is 9.96. The van der Waals surface area contributed by atoms with Gasteiger partial charge in [0.05, 0.1) is 5.25 Å². The van der Waals surface area contributed by atoms with Gasteiger partial charge in [-0.2, -0.15) is 5.10 Å². The van der Waals surface area contributed by atoms with Crippen molar-refractivity contribution in [1.82, 2.24) is 10.2 Å². The Morgan fingerprint density at radius 3 is 2.88 bits per heavy atom. The van der Waals surface area contributed by atoms with E-state index in [2.05, 4.69) is 15.5 Å². The third-order valence-electron chi connectivity index (χ3n) is 2.97. The second kappa shape index (κ2) is 4.91. The van der Waals surface area contributed by atoms with Crippen LogP contribution >= 0.6 is 11.8 Å². The van der Waals surface area contributed by atoms with Gasteiger partial charge in [-0.3, -0.25) is 9.89 Å². The number of nitrogens with zero attached hydrogens (tertiary/aromatic N) is 1. The van der Waals surface area contributed by atoms with E-state index in [0.717, 1.165) is 29.9 Å². The molecule has 1 aliphatic rings. The van der Waals surface area contributed by atoms with Crippen LogP contribution < -0.4 is 5.32 Å². The normalized spacial score (nSPS) is 20.8. The summed E-state index contributed by atoms with van der Waals surface area (Å²) in [5.41, 5.74) is 2.03. The van der Waals surface area contributed by atoms with Crippen molar-refractivity contribution < 1.29 is 4.79 Å². The second-order valence-electron chi connectivity index (χ2n) is 4.17. The number of hydrogen-bond acceptors (Lipinski definition) is 3. The molecule has 0 aromatic carbocycles. The molecule has 0 aliphatic carbocycles. The predicted octanol–water partition coefficient (Wildman–Crippen LogP) is 2.25. The van der Waals surface area contributed by atoms with Crippen molar-refractivity contribution in [2.75, 3.05) is 11.1 Å². The highest BCUT2D eigenvalue weighted by Crippen LogP contribution is 2.26. The molecule has 1 saturated heterocycles. The van der Waals surface area contributed by atoms with Gasteiger partial charge in [0.15, 0.2) is 5.82 Å². The summed E-state index contributed by atoms with van der Waals surface area (Å²) in [6.07, 6.45) is 3.37. The van der Waals surface area contributed by atoms with Crippen molar-refractivity contribution in [3.8, 4) is 0 Å². The summed E-state index contributed by atoms with van der Waals surface area (Å²) in [7, 11) is 0. The first kappa shape index (κ1) is 11.5. The molecule has 2 heterocycles. The lowest BCUT2D eigenvalue weighted by Crippen LogP contribution is -2.27. The van der Waals surface area contributed by atoms with Gasteiger partial charge in [-0.25, -0.2) is 0 Å². The van der Waals surface area contributed by atoms with Gasteiger partial charge in [-0.05, 0) is 32.4 Å². The van der Waals surface area contributed by atoms with E-state index in [9.17, 15) is 4.79 Å². The van der Waals surface area contributed by atoms with Crippen LogP contribution in [-0.2, 0) is 4.79 Å². The van der Waals surface area contributed by atoms with Crippen LogP contribution in [0.5, 0.6) is 0 Å². The third kappa shape index (κ3) is 2.40. The van der Waals surface area contributed by atoms with E-state index >= 15 is 0 Å². The number of carbonyl (C=O) groups is 1. The summed E-state index contributed by atoms with van der Waals surface area (Å²) >= 11 is 1.75. The Hall–Kier alpha value is -0.970. The van der Waals surface area contributed by atoms with Crippen molar-refractivity contribution >= 4 is 23.5 Å². The number of hydrogen-bond donors (Lipinski definition) is 2. The van der Waals surface area contributed by atoms with Gasteiger partial charge >= 0.3 is 0 Å². The molecule has 5 heteroatoms. The van der Waals surface area contributed by atoms with E-state index in [0.29, 0.717) is 5.82 Å². The number of nitrogens with one attached hydrogen (secondary N) is 2. The standard InChI is InChI=1S/C11H17N3OS/c1-7-8(2)13-14-10(7)12-11(15)9-5-3-4-6-16-9/h9H,3-6H2,1-2H3,(H2,12,13,14,15). The van der Waals surface area contributed by atoms with Gasteiger partial charge in [0, 0.05) is 11.3 Å². The van der Waals surface area contributed by atoms with Crippen molar-refractivity contribution in [3.05, 3.63) is 11.3 Å². The van der Waals surface area contributed by atoms with E-state index < -0.39 is 0 Å². The van der Waals surface area contributed by atoms with Crippen molar-refractivity contribution in [3.63, 3.8) is 0 Å². The molecular formula is C11H17N3OS. The Morgan fingerprint density at radius 1 is 1.50 bits per heavy atom. The van der Waals surface area contributed by atoms with Crippen LogP contribution in [0.3, 0.4) is 0 Å². The zero-order chi connectivity index (χ0) is 11.5. The summed E-state index contributed by atoms with van der Waals surface area (Å²) in [6, 6.07) is 0. The summed E-state index contributed by atoms with van der Waals surface area (Å²) in [4.78, 5) is 11.9. The van der Waals surface area contributed by atoms with Crippen LogP contribution in [0.2, 0.25) is 0 Å². The van der Waals surface area contributed by atoms with E-state index in [1.165, 1.54) is 6.42 Å². The number of carbonyl (C=O) groups excluding carboxylic acids is 1. The Kier molecular flexibility index (Phi) is 3.53. The van der Waals surface area contributed by atoms with Gasteiger partial charge < -0.3 is 5.32 Å². The molecule has 0 radical (unpaired) electrons. The third-order valence-corrected chi connectivity index (χ3v) is 4.34. The summed E-state index contributed by atoms with van der Waals surface area (Å²) in [5.74, 6) is 1.87. The number of amides is 1. The fourth-order valence-electron chi connectivity index (χ4n) is 1.75. The molecule has 1 aromatic heterocycles. The van der Waals surface area contributed by atoms with Crippen molar-refractivity contribution in [2.24, 2.45) is 0 Å². The molecule has 1 atom stereocenters. The molecule has 88 valence electrons. The number of anilines is 1. The highest BCUT2D eigenvalue weighted by atomic mass is 32.2. The molecule has 2 N–H and O–H groups in total. The average molecular weight is 239 g/mol. The van der Waals surface area contributed by atoms with E-state index in [1.54, 1.807) is 11.8 Å². The first-order valence-electron chi connectivity index (χ1n) is 5.62. The van der Waals surface area contributed by atoms with E-state index in [4.69, 9.17) is 0 Å². The number of H-pyrrole nitrogens is 1. The lowest BCUT2D eigenvalue weighted by atomic mass is 10.2. The average Bonchev–Trinajstić information content (AvgIpc) is 2.62. The van der Waals surface area contributed by atoms with Crippen LogP contribution in [0.15, 0.2) is 0 Å². The van der Waals surface area contributed by atoms with Crippen LogP contribution in [0, 0.1) is 13.8 Å². The van der Waals surface area contributed by atoms with Crippen molar-refractivity contribution in [1.29, 1.82) is 0 Å². The predicted molar refractivity (Wildman–Crippen MR) is 66.8 cm³/mol. The van der Waals surface area contributed by atoms with Crippen molar-refractivity contribution in [2.45, 2.75) is 38.4 Å². The Balaban J connectivity index is 1.98. The minimum Gasteiger partial charge on any atom is -0.308 e. The number of rotatable bonds is 2. The van der Waals surface area contributed by atoms with E-state index in [1.807, 2.05) is 13.8 Å². The minimum absolute atomic E-state index is 0.0966. The molecule has 0 saturated carbocycles. The largest absolute Gasteiger partial charge is 0.308 e. The fourth-order valence-corrected chi connectivity index (χ4v) is 2.95. The van der Waals surface area contributed by atoms with Crippen LogP contribution in [0.1, 0.15) is 30.5 Å². The topological polar surface area (TPSA) is 57.8 Å². The molecule has 2 rings (SSSR count). The Bertz CT molecular complexity index is 383. The summed E-state index contributed by atoms with van der Waals surface area (Å²) in [6.45, 7) is 3.91. The maximum Gasteiger partial charge on any atom is 0.238 e. The number of thioether (sulfide) groups is 1. The van der Waals surface area contributed by atoms with Gasteiger partial charge in [0.25, 0.3) is 0 Å². The minimum atomic E-state index is 0.0966. The van der Waals surface area contributed by atoms with E-state index in [-0.39, 0.29) is 11.2 Å². The quantitative estimate of drug-likeness (QED) is 0.832. The smallest absolute Gasteiger partial charge is 0.238 e. The Morgan fingerprint density at radius 2 is 2.31 bits per heavy atom. The zero-order valence-corrected chi connectivity index (χ0v) is 10.5. The molecule has 0 bridgehead atoms. The number of aromatic nitrogens is 2. The highest BCUT2D eigenvalue weighted by Gasteiger charge is 2.22. The van der Waals surface area contributed by atoms with Gasteiger partial charge in [0.1, 0.15) is 0 Å². The molecule has 1 aliphatic heterocycles. The van der Waals surface area contributed by atoms with Crippen LogP contribution in [0.25, 0.3) is 0 Å². The molecular weight excluding hydrogens is 222 g/mol. The first-order valence-corrected chi connectivity index (χ1v) is 6.67. The Labute approximate surface area is 99.6 Å². The highest BCUT2D eigenvalue weighted by molar-refractivity contribution is 8.00. The maximum absolute atomic E-state index is 11.9. The van der Waals surface area contributed by atoms with Gasteiger partial charge in [0.2, 0.25) is 5.91 Å². The second-order valence-corrected chi connectivity index (χ2v) is 5.48. The first-order chi connectivity index (χ1) is 7.68. The lowest BCUT2D eigenvalue weighted by molar-refractivity contribution is -0.115. The maximum atomic E-state index is 11.9. The molecule has 1 aromatic rings. The summed E-state index contributed by atoms with van der Waals surface area (Å²) < 4.78 is 0. The van der Waals surface area contributed by atoms with Crippen LogP contribution in [-0.4, -0.2) is 27.1 Å². The van der Waals surface area contributed by atoms with Gasteiger partial charge in [-0.15, -0.1) is 11.8 Å². The number of aryl methyl sites for hydroxylation is 1. The molecule has 1 amide bonds. The molecule has 4 nitrogen and oxygen atoms in total. The molecule has 1 fully saturated rings. The molecule has 0 spiro atoms.